The summed E-state index contributed by atoms with van der Waals surface area (Å²) in [6.45, 7) is 6.19. The first kappa shape index (κ1) is 16.6. The van der Waals surface area contributed by atoms with Crippen molar-refractivity contribution >= 4 is 5.78 Å². The lowest BCUT2D eigenvalue weighted by Gasteiger charge is -2.49. The summed E-state index contributed by atoms with van der Waals surface area (Å²) in [4.78, 5) is 12.7. The van der Waals surface area contributed by atoms with E-state index in [1.807, 2.05) is 19.9 Å². The van der Waals surface area contributed by atoms with Gasteiger partial charge in [0.25, 0.3) is 0 Å². The van der Waals surface area contributed by atoms with Crippen LogP contribution in [0.2, 0.25) is 0 Å². The highest BCUT2D eigenvalue weighted by atomic mass is 16.1. The van der Waals surface area contributed by atoms with Gasteiger partial charge in [-0.25, -0.2) is 0 Å². The number of carbonyl (C=O) groups excluding carboxylic acids is 1. The van der Waals surface area contributed by atoms with Crippen molar-refractivity contribution in [2.24, 2.45) is 11.3 Å². The molecule has 1 saturated carbocycles. The van der Waals surface area contributed by atoms with Gasteiger partial charge in [-0.05, 0) is 37.2 Å². The summed E-state index contributed by atoms with van der Waals surface area (Å²) in [5.41, 5.74) is 1.88. The first-order valence-corrected chi connectivity index (χ1v) is 9.64. The zero-order valence-electron chi connectivity index (χ0n) is 15.5. The van der Waals surface area contributed by atoms with Gasteiger partial charge in [0, 0.05) is 17.0 Å². The van der Waals surface area contributed by atoms with Crippen LogP contribution in [0.3, 0.4) is 0 Å². The van der Waals surface area contributed by atoms with Crippen LogP contribution in [-0.2, 0) is 16.6 Å². The first-order chi connectivity index (χ1) is 11.9. The van der Waals surface area contributed by atoms with Gasteiger partial charge < -0.3 is 0 Å². The van der Waals surface area contributed by atoms with Crippen molar-refractivity contribution in [3.63, 3.8) is 0 Å². The van der Waals surface area contributed by atoms with E-state index in [1.54, 1.807) is 0 Å². The fourth-order valence-corrected chi connectivity index (χ4v) is 5.60. The summed E-state index contributed by atoms with van der Waals surface area (Å²) in [7, 11) is 0. The fourth-order valence-electron chi connectivity index (χ4n) is 5.60. The normalized spacial score (nSPS) is 31.7. The second-order valence-electron chi connectivity index (χ2n) is 8.87. The minimum atomic E-state index is -0.513. The van der Waals surface area contributed by atoms with E-state index >= 15 is 0 Å². The zero-order chi connectivity index (χ0) is 17.8. The molecule has 1 heterocycles. The third-order valence-corrected chi connectivity index (χ3v) is 6.96. The maximum Gasteiger partial charge on any atom is 0.178 e. The van der Waals surface area contributed by atoms with Crippen LogP contribution in [0.4, 0.5) is 0 Å². The molecule has 2 atom stereocenters. The summed E-state index contributed by atoms with van der Waals surface area (Å²) in [6, 6.07) is 2.66. The molecule has 0 saturated heterocycles. The number of aryl methyl sites for hydroxylation is 1. The van der Waals surface area contributed by atoms with Crippen LogP contribution < -0.4 is 0 Å². The maximum atomic E-state index is 12.7. The van der Waals surface area contributed by atoms with Gasteiger partial charge in [0.2, 0.25) is 0 Å². The lowest BCUT2D eigenvalue weighted by atomic mass is 9.52. The van der Waals surface area contributed by atoms with Gasteiger partial charge in [-0.3, -0.25) is 9.48 Å². The molecule has 0 aromatic carbocycles. The maximum absolute atomic E-state index is 12.7. The molecule has 3 aliphatic carbocycles. The van der Waals surface area contributed by atoms with Crippen LogP contribution in [0.1, 0.15) is 76.6 Å². The molecule has 0 amide bonds. The molecule has 0 unspecified atom stereocenters. The van der Waals surface area contributed by atoms with Crippen LogP contribution in [0.15, 0.2) is 17.8 Å². The monoisotopic (exact) mass is 337 g/mol. The van der Waals surface area contributed by atoms with E-state index in [1.165, 1.54) is 37.7 Å². The van der Waals surface area contributed by atoms with Crippen LogP contribution in [0, 0.1) is 22.7 Å². The van der Waals surface area contributed by atoms with Crippen molar-refractivity contribution in [1.82, 2.24) is 9.78 Å². The number of carbonyl (C=O) groups is 1. The Morgan fingerprint density at radius 2 is 1.92 bits per heavy atom. The van der Waals surface area contributed by atoms with Crippen LogP contribution >= 0.6 is 0 Å². The van der Waals surface area contributed by atoms with E-state index in [4.69, 9.17) is 5.10 Å². The standard InChI is InChI=1S/C21H27N3O/c1-20(2)17-10-9-14-13-24(16-7-5-4-6-8-16)23-18(14)21(17,3)11-15(12-22)19(20)25/h11,13,16-17H,4-10H2,1-3H3/t17-,21-/m0/s1. The summed E-state index contributed by atoms with van der Waals surface area (Å²) >= 11 is 0. The van der Waals surface area contributed by atoms with Crippen molar-refractivity contribution in [2.75, 3.05) is 0 Å². The summed E-state index contributed by atoms with van der Waals surface area (Å²) in [5, 5.41) is 14.5. The van der Waals surface area contributed by atoms with Crippen LogP contribution in [0.5, 0.6) is 0 Å². The van der Waals surface area contributed by atoms with Crippen molar-refractivity contribution in [3.8, 4) is 6.07 Å². The number of nitrogens with zero attached hydrogens (tertiary/aromatic N) is 3. The number of nitriles is 1. The van der Waals surface area contributed by atoms with Gasteiger partial charge in [0.15, 0.2) is 5.78 Å². The highest BCUT2D eigenvalue weighted by molar-refractivity contribution is 6.04. The molecule has 1 fully saturated rings. The van der Waals surface area contributed by atoms with E-state index < -0.39 is 5.41 Å². The van der Waals surface area contributed by atoms with E-state index in [9.17, 15) is 10.1 Å². The Bertz CT molecular complexity index is 789. The number of hydrogen-bond donors (Lipinski definition) is 0. The van der Waals surface area contributed by atoms with Crippen molar-refractivity contribution in [2.45, 2.75) is 77.2 Å². The Labute approximate surface area is 149 Å². The van der Waals surface area contributed by atoms with Gasteiger partial charge in [0.05, 0.1) is 17.3 Å². The van der Waals surface area contributed by atoms with Crippen LogP contribution in [0.25, 0.3) is 0 Å². The number of aromatic nitrogens is 2. The molecule has 4 heteroatoms. The van der Waals surface area contributed by atoms with E-state index in [-0.39, 0.29) is 17.1 Å². The molecular weight excluding hydrogens is 310 g/mol. The molecule has 25 heavy (non-hydrogen) atoms. The molecule has 3 aliphatic rings. The van der Waals surface area contributed by atoms with Gasteiger partial charge in [-0.15, -0.1) is 0 Å². The topological polar surface area (TPSA) is 58.7 Å². The quantitative estimate of drug-likeness (QED) is 0.769. The summed E-state index contributed by atoms with van der Waals surface area (Å²) in [5.74, 6) is 0.194. The Morgan fingerprint density at radius 3 is 2.60 bits per heavy atom. The minimum absolute atomic E-state index is 0.00682. The second kappa shape index (κ2) is 5.56. The van der Waals surface area contributed by atoms with Crippen molar-refractivity contribution in [3.05, 3.63) is 29.1 Å². The SMILES string of the molecule is CC1(C)C(=O)C(C#N)=C[C@]2(C)c3nn(C4CCCCC4)cc3CC[C@@H]12. The number of hydrogen-bond acceptors (Lipinski definition) is 3. The molecule has 4 nitrogen and oxygen atoms in total. The molecule has 0 N–H and O–H groups in total. The molecule has 1 aromatic rings. The Hall–Kier alpha value is -1.89. The van der Waals surface area contributed by atoms with Gasteiger partial charge >= 0.3 is 0 Å². The average Bonchev–Trinajstić information content (AvgIpc) is 3.05. The second-order valence-corrected chi connectivity index (χ2v) is 8.87. The van der Waals surface area contributed by atoms with E-state index in [2.05, 4.69) is 23.9 Å². The third-order valence-electron chi connectivity index (χ3n) is 6.96. The highest BCUT2D eigenvalue weighted by Crippen LogP contribution is 2.54. The Kier molecular flexibility index (Phi) is 3.68. The lowest BCUT2D eigenvalue weighted by molar-refractivity contribution is -0.128. The number of rotatable bonds is 1. The fraction of sp³-hybridized carbons (Fsp3) is 0.667. The average molecular weight is 337 g/mol. The number of Topliss-reactive ketones (excluding diaryl/α,β-unsaturated/α-hetero) is 1. The smallest absolute Gasteiger partial charge is 0.178 e. The van der Waals surface area contributed by atoms with E-state index in [0.29, 0.717) is 11.6 Å². The summed E-state index contributed by atoms with van der Waals surface area (Å²) < 4.78 is 2.20. The van der Waals surface area contributed by atoms with E-state index in [0.717, 1.165) is 18.5 Å². The molecule has 0 bridgehead atoms. The van der Waals surface area contributed by atoms with Crippen molar-refractivity contribution < 1.29 is 4.79 Å². The lowest BCUT2D eigenvalue weighted by Crippen LogP contribution is -2.51. The zero-order valence-corrected chi connectivity index (χ0v) is 15.5. The van der Waals surface area contributed by atoms with Gasteiger partial charge in [-0.1, -0.05) is 46.1 Å². The largest absolute Gasteiger partial charge is 0.293 e. The minimum Gasteiger partial charge on any atom is -0.293 e. The number of fused-ring (bicyclic) bond motifs is 3. The molecule has 1 aromatic heterocycles. The highest BCUT2D eigenvalue weighted by Gasteiger charge is 2.55. The van der Waals surface area contributed by atoms with Gasteiger partial charge in [0.1, 0.15) is 6.07 Å². The molecule has 4 rings (SSSR count). The molecule has 132 valence electrons. The predicted octanol–water partition coefficient (Wildman–Crippen LogP) is 4.27. The van der Waals surface area contributed by atoms with Gasteiger partial charge in [-0.2, -0.15) is 10.4 Å². The molecular formula is C21H27N3O. The predicted molar refractivity (Wildman–Crippen MR) is 96.0 cm³/mol. The summed E-state index contributed by atoms with van der Waals surface area (Å²) in [6.07, 6.45) is 12.5. The van der Waals surface area contributed by atoms with Crippen LogP contribution in [-0.4, -0.2) is 15.6 Å². The molecule has 0 radical (unpaired) electrons. The molecule has 0 aliphatic heterocycles. The number of allylic oxidation sites excluding steroid dienone is 2. The van der Waals surface area contributed by atoms with Crippen molar-refractivity contribution in [1.29, 1.82) is 5.26 Å². The first-order valence-electron chi connectivity index (χ1n) is 9.64. The third kappa shape index (κ3) is 2.32. The Morgan fingerprint density at radius 1 is 1.20 bits per heavy atom. The molecule has 0 spiro atoms. The number of ketones is 1. The Balaban J connectivity index is 1.81.